The highest BCUT2D eigenvalue weighted by Gasteiger charge is 2.33. The second kappa shape index (κ2) is 6.76. The molecule has 20 heavy (non-hydrogen) atoms. The van der Waals surface area contributed by atoms with E-state index in [1.165, 1.54) is 49.7 Å². The molecule has 1 aliphatic rings. The monoisotopic (exact) mass is 273 g/mol. The van der Waals surface area contributed by atoms with E-state index in [0.717, 1.165) is 12.6 Å². The summed E-state index contributed by atoms with van der Waals surface area (Å²) in [7, 11) is 0. The summed E-state index contributed by atoms with van der Waals surface area (Å²) in [4.78, 5) is 0. The maximum absolute atomic E-state index is 3.80. The van der Waals surface area contributed by atoms with Gasteiger partial charge in [-0.2, -0.15) is 0 Å². The van der Waals surface area contributed by atoms with E-state index in [-0.39, 0.29) is 0 Å². The predicted molar refractivity (Wildman–Crippen MR) is 88.4 cm³/mol. The van der Waals surface area contributed by atoms with Crippen LogP contribution in [0.15, 0.2) is 18.2 Å². The molecule has 1 fully saturated rings. The molecule has 1 aromatic carbocycles. The number of nitrogens with one attached hydrogen (secondary N) is 1. The van der Waals surface area contributed by atoms with Gasteiger partial charge in [0, 0.05) is 18.0 Å². The first-order chi connectivity index (χ1) is 9.59. The van der Waals surface area contributed by atoms with Crippen molar-refractivity contribution in [2.45, 2.75) is 77.7 Å². The van der Waals surface area contributed by atoms with Gasteiger partial charge in [-0.25, -0.2) is 0 Å². The quantitative estimate of drug-likeness (QED) is 0.711. The van der Waals surface area contributed by atoms with Crippen LogP contribution < -0.4 is 5.32 Å². The third-order valence-electron chi connectivity index (χ3n) is 4.60. The number of aryl methyl sites for hydroxylation is 2. The van der Waals surface area contributed by atoms with Crippen molar-refractivity contribution in [3.8, 4) is 0 Å². The van der Waals surface area contributed by atoms with Crippen LogP contribution in [-0.4, -0.2) is 12.6 Å². The van der Waals surface area contributed by atoms with E-state index in [0.29, 0.717) is 5.41 Å². The number of hydrogen-bond donors (Lipinski definition) is 1. The molecule has 112 valence electrons. The lowest BCUT2D eigenvalue weighted by molar-refractivity contribution is 0.333. The standard InChI is InChI=1S/C19H31N/c1-5-9-19(10-6-2,14-20-18-7-8-18)17-12-15(3)11-16(4)13-17/h11-13,18,20H,5-10,14H2,1-4H3. The van der Waals surface area contributed by atoms with E-state index in [1.54, 1.807) is 5.56 Å². The van der Waals surface area contributed by atoms with Gasteiger partial charge in [0.05, 0.1) is 0 Å². The molecule has 1 N–H and O–H groups in total. The second-order valence-corrected chi connectivity index (χ2v) is 6.81. The van der Waals surface area contributed by atoms with Crippen LogP contribution in [0.1, 0.15) is 69.1 Å². The summed E-state index contributed by atoms with van der Waals surface area (Å²) in [5.41, 5.74) is 4.71. The predicted octanol–water partition coefficient (Wildman–Crippen LogP) is 4.89. The third kappa shape index (κ3) is 3.85. The van der Waals surface area contributed by atoms with Gasteiger partial charge in [-0.3, -0.25) is 0 Å². The Labute approximate surface area is 125 Å². The van der Waals surface area contributed by atoms with Crippen molar-refractivity contribution < 1.29 is 0 Å². The van der Waals surface area contributed by atoms with Crippen LogP contribution in [0.5, 0.6) is 0 Å². The smallest absolute Gasteiger partial charge is 0.00778 e. The maximum atomic E-state index is 3.80. The van der Waals surface area contributed by atoms with Gasteiger partial charge < -0.3 is 5.32 Å². The van der Waals surface area contributed by atoms with E-state index in [9.17, 15) is 0 Å². The number of benzene rings is 1. The molecule has 0 atom stereocenters. The van der Waals surface area contributed by atoms with Gasteiger partial charge in [0.15, 0.2) is 0 Å². The fraction of sp³-hybridized carbons (Fsp3) is 0.684. The summed E-state index contributed by atoms with van der Waals surface area (Å²) in [6.07, 6.45) is 7.87. The Balaban J connectivity index is 2.29. The first-order valence-corrected chi connectivity index (χ1v) is 8.42. The number of hydrogen-bond acceptors (Lipinski definition) is 1. The van der Waals surface area contributed by atoms with Gasteiger partial charge in [0.25, 0.3) is 0 Å². The molecular formula is C19H31N. The van der Waals surface area contributed by atoms with Crippen molar-refractivity contribution in [1.29, 1.82) is 0 Å². The van der Waals surface area contributed by atoms with Gasteiger partial charge in [-0.15, -0.1) is 0 Å². The van der Waals surface area contributed by atoms with Crippen molar-refractivity contribution in [1.82, 2.24) is 5.32 Å². The minimum atomic E-state index is 0.336. The van der Waals surface area contributed by atoms with E-state index in [2.05, 4.69) is 51.2 Å². The maximum Gasteiger partial charge on any atom is 0.00778 e. The summed E-state index contributed by atoms with van der Waals surface area (Å²) >= 11 is 0. The second-order valence-electron chi connectivity index (χ2n) is 6.81. The molecule has 1 nitrogen and oxygen atoms in total. The van der Waals surface area contributed by atoms with Gasteiger partial charge in [0.1, 0.15) is 0 Å². The van der Waals surface area contributed by atoms with Crippen LogP contribution in [0.25, 0.3) is 0 Å². The fourth-order valence-corrected chi connectivity index (χ4v) is 3.56. The lowest BCUT2D eigenvalue weighted by Crippen LogP contribution is -2.39. The van der Waals surface area contributed by atoms with Crippen LogP contribution in [0, 0.1) is 13.8 Å². The largest absolute Gasteiger partial charge is 0.313 e. The van der Waals surface area contributed by atoms with Crippen molar-refractivity contribution in [2.75, 3.05) is 6.54 Å². The van der Waals surface area contributed by atoms with E-state index in [1.807, 2.05) is 0 Å². The Kier molecular flexibility index (Phi) is 5.26. The van der Waals surface area contributed by atoms with Crippen molar-refractivity contribution >= 4 is 0 Å². The van der Waals surface area contributed by atoms with E-state index < -0.39 is 0 Å². The molecule has 2 rings (SSSR count). The van der Waals surface area contributed by atoms with Gasteiger partial charge in [0.2, 0.25) is 0 Å². The molecule has 1 heteroatoms. The van der Waals surface area contributed by atoms with Crippen LogP contribution in [0.3, 0.4) is 0 Å². The first-order valence-electron chi connectivity index (χ1n) is 8.42. The highest BCUT2D eigenvalue weighted by molar-refractivity contribution is 5.34. The highest BCUT2D eigenvalue weighted by atomic mass is 15.0. The minimum Gasteiger partial charge on any atom is -0.313 e. The Bertz CT molecular complexity index is 405. The lowest BCUT2D eigenvalue weighted by Gasteiger charge is -2.35. The van der Waals surface area contributed by atoms with Crippen LogP contribution >= 0.6 is 0 Å². The summed E-state index contributed by atoms with van der Waals surface area (Å²) < 4.78 is 0. The highest BCUT2D eigenvalue weighted by Crippen LogP contribution is 2.36. The molecule has 0 heterocycles. The molecule has 0 aromatic heterocycles. The topological polar surface area (TPSA) is 12.0 Å². The molecule has 0 unspecified atom stereocenters. The van der Waals surface area contributed by atoms with Gasteiger partial charge >= 0.3 is 0 Å². The molecule has 1 aliphatic carbocycles. The van der Waals surface area contributed by atoms with Gasteiger partial charge in [-0.05, 0) is 45.1 Å². The zero-order valence-corrected chi connectivity index (χ0v) is 13.8. The molecule has 1 saturated carbocycles. The Hall–Kier alpha value is -0.820. The third-order valence-corrected chi connectivity index (χ3v) is 4.60. The molecule has 0 spiro atoms. The lowest BCUT2D eigenvalue weighted by atomic mass is 9.72. The van der Waals surface area contributed by atoms with Crippen LogP contribution in [-0.2, 0) is 5.41 Å². The zero-order chi connectivity index (χ0) is 14.6. The molecule has 0 radical (unpaired) electrons. The molecule has 0 saturated heterocycles. The van der Waals surface area contributed by atoms with Crippen molar-refractivity contribution in [2.24, 2.45) is 0 Å². The van der Waals surface area contributed by atoms with Crippen molar-refractivity contribution in [3.05, 3.63) is 34.9 Å². The van der Waals surface area contributed by atoms with Crippen molar-refractivity contribution in [3.63, 3.8) is 0 Å². The fourth-order valence-electron chi connectivity index (χ4n) is 3.56. The van der Waals surface area contributed by atoms with E-state index in [4.69, 9.17) is 0 Å². The molecule has 0 amide bonds. The van der Waals surface area contributed by atoms with Crippen LogP contribution in [0.4, 0.5) is 0 Å². The Morgan fingerprint density at radius 1 is 1.00 bits per heavy atom. The molecule has 0 bridgehead atoms. The summed E-state index contributed by atoms with van der Waals surface area (Å²) in [5, 5.41) is 3.80. The molecule has 0 aliphatic heterocycles. The van der Waals surface area contributed by atoms with E-state index >= 15 is 0 Å². The zero-order valence-electron chi connectivity index (χ0n) is 13.8. The summed E-state index contributed by atoms with van der Waals surface area (Å²) in [6, 6.07) is 7.94. The first kappa shape index (κ1) is 15.6. The SMILES string of the molecule is CCCC(CCC)(CNC1CC1)c1cc(C)cc(C)c1. The normalized spacial score (nSPS) is 15.6. The number of rotatable bonds is 8. The van der Waals surface area contributed by atoms with Crippen LogP contribution in [0.2, 0.25) is 0 Å². The Morgan fingerprint density at radius 2 is 1.55 bits per heavy atom. The average molecular weight is 273 g/mol. The van der Waals surface area contributed by atoms with Gasteiger partial charge in [-0.1, -0.05) is 56.0 Å². The summed E-state index contributed by atoms with van der Waals surface area (Å²) in [5.74, 6) is 0. The molecular weight excluding hydrogens is 242 g/mol. The minimum absolute atomic E-state index is 0.336. The Morgan fingerprint density at radius 3 is 2.00 bits per heavy atom. The molecule has 1 aromatic rings. The average Bonchev–Trinajstić information content (AvgIpc) is 3.19. The summed E-state index contributed by atoms with van der Waals surface area (Å²) in [6.45, 7) is 10.3.